The zero-order chi connectivity index (χ0) is 12.4. The van der Waals surface area contributed by atoms with E-state index in [-0.39, 0.29) is 0 Å². The van der Waals surface area contributed by atoms with Crippen LogP contribution < -0.4 is 10.6 Å². The van der Waals surface area contributed by atoms with Crippen molar-refractivity contribution in [2.75, 3.05) is 0 Å². The molecule has 0 bridgehead atoms. The Kier molecular flexibility index (Phi) is 3.41. The van der Waals surface area contributed by atoms with E-state index in [4.69, 9.17) is 0 Å². The van der Waals surface area contributed by atoms with Crippen molar-refractivity contribution >= 4 is 11.3 Å². The van der Waals surface area contributed by atoms with Crippen molar-refractivity contribution in [2.45, 2.75) is 33.1 Å². The molecule has 0 spiro atoms. The fourth-order valence-corrected chi connectivity index (χ4v) is 3.01. The highest BCUT2D eigenvalue weighted by Crippen LogP contribution is 2.17. The molecule has 0 saturated heterocycles. The van der Waals surface area contributed by atoms with Crippen LogP contribution >= 0.6 is 11.3 Å². The van der Waals surface area contributed by atoms with Gasteiger partial charge in [0.15, 0.2) is 0 Å². The predicted octanol–water partition coefficient (Wildman–Crippen LogP) is 2.34. The Morgan fingerprint density at radius 1 is 1.28 bits per heavy atom. The standard InChI is InChI=1S/C14H17N3S/c1-10-5-17-14(18-10)9-15-6-11-2-3-12-7-16-8-13(12)4-11/h2-5,15-16H,6-9H2,1H3. The summed E-state index contributed by atoms with van der Waals surface area (Å²) in [6, 6.07) is 6.75. The maximum absolute atomic E-state index is 4.35. The normalized spacial score (nSPS) is 13.8. The SMILES string of the molecule is Cc1cnc(CNCc2ccc3c(c2)CNC3)s1. The molecule has 2 N–H and O–H groups in total. The van der Waals surface area contributed by atoms with Crippen LogP contribution in [0.3, 0.4) is 0 Å². The van der Waals surface area contributed by atoms with E-state index in [1.165, 1.54) is 21.6 Å². The van der Waals surface area contributed by atoms with Crippen LogP contribution in [0, 0.1) is 6.92 Å². The zero-order valence-electron chi connectivity index (χ0n) is 10.5. The Labute approximate surface area is 111 Å². The number of hydrogen-bond acceptors (Lipinski definition) is 4. The van der Waals surface area contributed by atoms with E-state index in [0.29, 0.717) is 0 Å². The van der Waals surface area contributed by atoms with Crippen molar-refractivity contribution in [3.63, 3.8) is 0 Å². The summed E-state index contributed by atoms with van der Waals surface area (Å²) in [4.78, 5) is 5.62. The van der Waals surface area contributed by atoms with Crippen LogP contribution in [0.4, 0.5) is 0 Å². The van der Waals surface area contributed by atoms with Crippen molar-refractivity contribution < 1.29 is 0 Å². The average molecular weight is 259 g/mol. The summed E-state index contributed by atoms with van der Waals surface area (Å²) in [6.07, 6.45) is 1.93. The first-order valence-electron chi connectivity index (χ1n) is 6.25. The topological polar surface area (TPSA) is 37.0 Å². The number of benzene rings is 1. The third-order valence-electron chi connectivity index (χ3n) is 3.18. The first-order chi connectivity index (χ1) is 8.81. The van der Waals surface area contributed by atoms with Gasteiger partial charge in [0.05, 0.1) is 0 Å². The Bertz CT molecular complexity index is 548. The van der Waals surface area contributed by atoms with Crippen molar-refractivity contribution in [3.8, 4) is 0 Å². The van der Waals surface area contributed by atoms with E-state index >= 15 is 0 Å². The highest BCUT2D eigenvalue weighted by molar-refractivity contribution is 7.11. The van der Waals surface area contributed by atoms with Crippen LogP contribution in [-0.2, 0) is 26.2 Å². The number of fused-ring (bicyclic) bond motifs is 1. The van der Waals surface area contributed by atoms with E-state index in [9.17, 15) is 0 Å². The second kappa shape index (κ2) is 5.18. The maximum atomic E-state index is 4.35. The molecule has 2 aromatic rings. The summed E-state index contributed by atoms with van der Waals surface area (Å²) < 4.78 is 0. The number of nitrogens with zero attached hydrogens (tertiary/aromatic N) is 1. The van der Waals surface area contributed by atoms with Gasteiger partial charge in [-0.15, -0.1) is 11.3 Å². The molecule has 18 heavy (non-hydrogen) atoms. The molecule has 0 unspecified atom stereocenters. The van der Waals surface area contributed by atoms with Gasteiger partial charge in [0.2, 0.25) is 0 Å². The quantitative estimate of drug-likeness (QED) is 0.885. The Hall–Kier alpha value is -1.23. The fourth-order valence-electron chi connectivity index (χ4n) is 2.26. The molecular weight excluding hydrogens is 242 g/mol. The second-order valence-corrected chi connectivity index (χ2v) is 5.99. The highest BCUT2D eigenvalue weighted by atomic mass is 32.1. The third kappa shape index (κ3) is 2.61. The summed E-state index contributed by atoms with van der Waals surface area (Å²) >= 11 is 1.76. The van der Waals surface area contributed by atoms with Gasteiger partial charge in [0.25, 0.3) is 0 Å². The van der Waals surface area contributed by atoms with Gasteiger partial charge >= 0.3 is 0 Å². The molecule has 94 valence electrons. The minimum Gasteiger partial charge on any atom is -0.309 e. The molecule has 0 aliphatic carbocycles. The lowest BCUT2D eigenvalue weighted by molar-refractivity contribution is 0.689. The van der Waals surface area contributed by atoms with Crippen LogP contribution in [0.5, 0.6) is 0 Å². The summed E-state index contributed by atoms with van der Waals surface area (Å²) in [7, 11) is 0. The van der Waals surface area contributed by atoms with Gasteiger partial charge in [0, 0.05) is 37.3 Å². The first kappa shape index (κ1) is 11.8. The molecule has 0 amide bonds. The Balaban J connectivity index is 1.57. The Morgan fingerprint density at radius 2 is 2.17 bits per heavy atom. The summed E-state index contributed by atoms with van der Waals surface area (Å²) in [6.45, 7) is 5.88. The lowest BCUT2D eigenvalue weighted by Crippen LogP contribution is -2.12. The van der Waals surface area contributed by atoms with Gasteiger partial charge in [-0.2, -0.15) is 0 Å². The molecular formula is C14H17N3S. The van der Waals surface area contributed by atoms with Gasteiger partial charge in [-0.3, -0.25) is 0 Å². The van der Waals surface area contributed by atoms with Crippen LogP contribution in [0.2, 0.25) is 0 Å². The molecule has 0 saturated carbocycles. The van der Waals surface area contributed by atoms with E-state index in [0.717, 1.165) is 31.2 Å². The monoisotopic (exact) mass is 259 g/mol. The van der Waals surface area contributed by atoms with Gasteiger partial charge in [-0.1, -0.05) is 18.2 Å². The van der Waals surface area contributed by atoms with Gasteiger partial charge in [-0.05, 0) is 23.6 Å². The largest absolute Gasteiger partial charge is 0.309 e. The average Bonchev–Trinajstić information content (AvgIpc) is 2.97. The van der Waals surface area contributed by atoms with Crippen molar-refractivity contribution in [1.82, 2.24) is 15.6 Å². The minimum absolute atomic E-state index is 0.855. The maximum Gasteiger partial charge on any atom is 0.107 e. The molecule has 1 aliphatic heterocycles. The lowest BCUT2D eigenvalue weighted by Gasteiger charge is -2.05. The van der Waals surface area contributed by atoms with Crippen LogP contribution in [0.1, 0.15) is 26.6 Å². The molecule has 2 heterocycles. The molecule has 1 aliphatic rings. The van der Waals surface area contributed by atoms with Crippen LogP contribution in [0.15, 0.2) is 24.4 Å². The number of aryl methyl sites for hydroxylation is 1. The molecule has 1 aromatic heterocycles. The second-order valence-electron chi connectivity index (χ2n) is 4.67. The summed E-state index contributed by atoms with van der Waals surface area (Å²) in [5, 5.41) is 7.98. The lowest BCUT2D eigenvalue weighted by atomic mass is 10.1. The number of thiazole rings is 1. The van der Waals surface area contributed by atoms with Gasteiger partial charge in [0.1, 0.15) is 5.01 Å². The van der Waals surface area contributed by atoms with Crippen molar-refractivity contribution in [2.24, 2.45) is 0 Å². The zero-order valence-corrected chi connectivity index (χ0v) is 11.3. The van der Waals surface area contributed by atoms with E-state index in [1.807, 2.05) is 6.20 Å². The molecule has 0 radical (unpaired) electrons. The number of hydrogen-bond donors (Lipinski definition) is 2. The van der Waals surface area contributed by atoms with Gasteiger partial charge in [-0.25, -0.2) is 4.98 Å². The molecule has 3 rings (SSSR count). The van der Waals surface area contributed by atoms with E-state index in [1.54, 1.807) is 11.3 Å². The summed E-state index contributed by atoms with van der Waals surface area (Å²) in [5.41, 5.74) is 4.24. The van der Waals surface area contributed by atoms with Crippen molar-refractivity contribution in [1.29, 1.82) is 0 Å². The third-order valence-corrected chi connectivity index (χ3v) is 4.09. The van der Waals surface area contributed by atoms with Crippen molar-refractivity contribution in [3.05, 3.63) is 51.0 Å². The van der Waals surface area contributed by atoms with E-state index < -0.39 is 0 Å². The smallest absolute Gasteiger partial charge is 0.107 e. The van der Waals surface area contributed by atoms with E-state index in [2.05, 4.69) is 40.7 Å². The molecule has 0 atom stereocenters. The van der Waals surface area contributed by atoms with Gasteiger partial charge < -0.3 is 10.6 Å². The fraction of sp³-hybridized carbons (Fsp3) is 0.357. The number of aromatic nitrogens is 1. The molecule has 1 aromatic carbocycles. The van der Waals surface area contributed by atoms with Crippen LogP contribution in [-0.4, -0.2) is 4.98 Å². The number of rotatable bonds is 4. The number of nitrogens with one attached hydrogen (secondary N) is 2. The molecule has 0 fully saturated rings. The highest BCUT2D eigenvalue weighted by Gasteiger charge is 2.09. The summed E-state index contributed by atoms with van der Waals surface area (Å²) in [5.74, 6) is 0. The van der Waals surface area contributed by atoms with Crippen LogP contribution in [0.25, 0.3) is 0 Å². The first-order valence-corrected chi connectivity index (χ1v) is 7.06. The Morgan fingerprint density at radius 3 is 3.00 bits per heavy atom. The minimum atomic E-state index is 0.855. The molecule has 3 nitrogen and oxygen atoms in total. The predicted molar refractivity (Wildman–Crippen MR) is 74.4 cm³/mol. The molecule has 4 heteroatoms.